The number of nitrogens with zero attached hydrogens (tertiary/aromatic N) is 1. The van der Waals surface area contributed by atoms with Crippen LogP contribution in [0.15, 0.2) is 67.1 Å². The number of urea groups is 1. The number of amides is 2. The van der Waals surface area contributed by atoms with Crippen LogP contribution in [0, 0.1) is 0 Å². The molecule has 5 heteroatoms. The highest BCUT2D eigenvalue weighted by Crippen LogP contribution is 2.39. The van der Waals surface area contributed by atoms with Gasteiger partial charge in [-0.25, -0.2) is 4.79 Å². The second-order valence-electron chi connectivity index (χ2n) is 6.99. The van der Waals surface area contributed by atoms with Crippen LogP contribution >= 0.6 is 0 Å². The molecular weight excluding hydrogens is 336 g/mol. The third-order valence-electron chi connectivity index (χ3n) is 5.50. The zero-order valence-electron chi connectivity index (χ0n) is 14.8. The van der Waals surface area contributed by atoms with E-state index in [0.29, 0.717) is 6.54 Å². The Morgan fingerprint density at radius 3 is 2.74 bits per heavy atom. The molecule has 2 aromatic heterocycles. The van der Waals surface area contributed by atoms with Gasteiger partial charge in [-0.2, -0.15) is 0 Å². The minimum absolute atomic E-state index is 0.178. The summed E-state index contributed by atoms with van der Waals surface area (Å²) in [4.78, 5) is 20.4. The van der Waals surface area contributed by atoms with Crippen LogP contribution < -0.4 is 5.73 Å². The van der Waals surface area contributed by atoms with E-state index in [9.17, 15) is 4.79 Å². The number of hydrogen-bond donors (Lipinski definition) is 3. The van der Waals surface area contributed by atoms with Gasteiger partial charge in [-0.15, -0.1) is 0 Å². The molecule has 5 nitrogen and oxygen atoms in total. The van der Waals surface area contributed by atoms with E-state index in [-0.39, 0.29) is 12.1 Å². The van der Waals surface area contributed by atoms with Crippen molar-refractivity contribution >= 4 is 16.9 Å². The highest BCUT2D eigenvalue weighted by atomic mass is 16.2. The van der Waals surface area contributed by atoms with Crippen LogP contribution in [-0.2, 0) is 6.42 Å². The van der Waals surface area contributed by atoms with E-state index in [4.69, 9.17) is 5.73 Å². The first kappa shape index (κ1) is 15.8. The number of nitrogens with one attached hydrogen (secondary N) is 2. The highest BCUT2D eigenvalue weighted by Gasteiger charge is 2.32. The molecule has 0 aliphatic carbocycles. The van der Waals surface area contributed by atoms with Crippen LogP contribution in [0.5, 0.6) is 0 Å². The van der Waals surface area contributed by atoms with Crippen LogP contribution in [0.4, 0.5) is 4.79 Å². The van der Waals surface area contributed by atoms with Crippen molar-refractivity contribution in [2.24, 2.45) is 5.73 Å². The lowest BCUT2D eigenvalue weighted by molar-refractivity contribution is 0.190. The molecule has 1 aliphatic heterocycles. The van der Waals surface area contributed by atoms with E-state index in [1.54, 1.807) is 4.90 Å². The van der Waals surface area contributed by atoms with Crippen LogP contribution in [0.3, 0.4) is 0 Å². The molecule has 2 aromatic carbocycles. The van der Waals surface area contributed by atoms with Crippen LogP contribution in [0.2, 0.25) is 0 Å². The third-order valence-corrected chi connectivity index (χ3v) is 5.50. The summed E-state index contributed by atoms with van der Waals surface area (Å²) in [6.07, 6.45) is 6.73. The van der Waals surface area contributed by atoms with Gasteiger partial charge in [-0.05, 0) is 40.8 Å². The second-order valence-corrected chi connectivity index (χ2v) is 6.99. The van der Waals surface area contributed by atoms with Crippen molar-refractivity contribution < 1.29 is 4.79 Å². The van der Waals surface area contributed by atoms with Crippen molar-refractivity contribution in [3.05, 3.63) is 83.8 Å². The van der Waals surface area contributed by atoms with Gasteiger partial charge in [0.15, 0.2) is 0 Å². The Morgan fingerprint density at radius 2 is 1.93 bits per heavy atom. The van der Waals surface area contributed by atoms with E-state index < -0.39 is 0 Å². The molecule has 0 radical (unpaired) electrons. The molecule has 1 aliphatic rings. The fourth-order valence-corrected chi connectivity index (χ4v) is 4.20. The summed E-state index contributed by atoms with van der Waals surface area (Å²) in [5.74, 6) is 0. The molecule has 0 saturated heterocycles. The molecule has 27 heavy (non-hydrogen) atoms. The minimum atomic E-state index is -0.384. The highest BCUT2D eigenvalue weighted by molar-refractivity contribution is 5.85. The maximum atomic E-state index is 12.2. The van der Waals surface area contributed by atoms with Crippen LogP contribution in [0.25, 0.3) is 22.0 Å². The third kappa shape index (κ3) is 2.51. The molecule has 1 atom stereocenters. The van der Waals surface area contributed by atoms with E-state index in [0.717, 1.165) is 28.5 Å². The Morgan fingerprint density at radius 1 is 1.04 bits per heavy atom. The second kappa shape index (κ2) is 6.06. The van der Waals surface area contributed by atoms with Crippen molar-refractivity contribution in [1.82, 2.24) is 14.9 Å². The number of carbonyl (C=O) groups excluding carboxylic acids is 1. The molecule has 1 unspecified atom stereocenters. The topological polar surface area (TPSA) is 77.9 Å². The van der Waals surface area contributed by atoms with Gasteiger partial charge in [-0.1, -0.05) is 36.4 Å². The van der Waals surface area contributed by atoms with Gasteiger partial charge in [0.25, 0.3) is 0 Å². The summed E-state index contributed by atoms with van der Waals surface area (Å²) in [6.45, 7) is 0.614. The smallest absolute Gasteiger partial charge is 0.315 e. The number of H-pyrrole nitrogens is 2. The van der Waals surface area contributed by atoms with Crippen LogP contribution in [0.1, 0.15) is 22.7 Å². The Balaban J connectivity index is 1.67. The van der Waals surface area contributed by atoms with Gasteiger partial charge in [0.2, 0.25) is 0 Å². The molecule has 0 saturated carbocycles. The quantitative estimate of drug-likeness (QED) is 0.495. The fourth-order valence-electron chi connectivity index (χ4n) is 4.20. The van der Waals surface area contributed by atoms with Gasteiger partial charge in [0.05, 0.1) is 6.04 Å². The summed E-state index contributed by atoms with van der Waals surface area (Å²) >= 11 is 0. The first-order valence-corrected chi connectivity index (χ1v) is 9.10. The largest absolute Gasteiger partial charge is 0.367 e. The molecule has 4 N–H and O–H groups in total. The summed E-state index contributed by atoms with van der Waals surface area (Å²) in [5.41, 5.74) is 12.6. The normalized spacial score (nSPS) is 16.4. The SMILES string of the molecule is NC(=O)N1CCc2cc(-c3cc[nH]c3)ccc2C1c1c[nH]c2ccccc12. The standard InChI is InChI=1S/C22H20N4O/c23-22(27)26-10-8-15-11-14(16-7-9-24-12-16)5-6-17(15)21(26)19-13-25-20-4-2-1-3-18(19)20/h1-7,9,11-13,21,24-25H,8,10H2,(H2,23,27). The van der Waals surface area contributed by atoms with Gasteiger partial charge < -0.3 is 20.6 Å². The number of carbonyl (C=O) groups is 1. The molecule has 2 amide bonds. The average Bonchev–Trinajstić information content (AvgIpc) is 3.36. The molecule has 3 heterocycles. The predicted octanol–water partition coefficient (Wildman–Crippen LogP) is 4.19. The van der Waals surface area contributed by atoms with Gasteiger partial charge in [0.1, 0.15) is 0 Å². The van der Waals surface area contributed by atoms with E-state index in [1.807, 2.05) is 36.8 Å². The lowest BCUT2D eigenvalue weighted by Gasteiger charge is -2.36. The monoisotopic (exact) mass is 356 g/mol. The predicted molar refractivity (Wildman–Crippen MR) is 106 cm³/mol. The molecular formula is C22H20N4O. The number of aromatic nitrogens is 2. The van der Waals surface area contributed by atoms with Crippen molar-refractivity contribution in [1.29, 1.82) is 0 Å². The van der Waals surface area contributed by atoms with E-state index in [2.05, 4.69) is 40.3 Å². The van der Waals surface area contributed by atoms with Crippen molar-refractivity contribution in [3.63, 3.8) is 0 Å². The summed E-state index contributed by atoms with van der Waals surface area (Å²) in [7, 11) is 0. The van der Waals surface area contributed by atoms with Crippen molar-refractivity contribution in [3.8, 4) is 11.1 Å². The van der Waals surface area contributed by atoms with Gasteiger partial charge in [0, 0.05) is 41.6 Å². The summed E-state index contributed by atoms with van der Waals surface area (Å²) < 4.78 is 0. The summed E-state index contributed by atoms with van der Waals surface area (Å²) in [6, 6.07) is 16.2. The fraction of sp³-hybridized carbons (Fsp3) is 0.136. The molecule has 0 fully saturated rings. The van der Waals surface area contributed by atoms with E-state index >= 15 is 0 Å². The first-order valence-electron chi connectivity index (χ1n) is 9.10. The number of fused-ring (bicyclic) bond motifs is 2. The van der Waals surface area contributed by atoms with Gasteiger partial charge >= 0.3 is 6.03 Å². The Labute approximate surface area is 156 Å². The lowest BCUT2D eigenvalue weighted by atomic mass is 9.86. The molecule has 0 bridgehead atoms. The average molecular weight is 356 g/mol. The van der Waals surface area contributed by atoms with Crippen molar-refractivity contribution in [2.75, 3.05) is 6.54 Å². The number of primary amides is 1. The number of benzene rings is 2. The number of aromatic amines is 2. The first-order chi connectivity index (χ1) is 13.2. The number of hydrogen-bond acceptors (Lipinski definition) is 1. The summed E-state index contributed by atoms with van der Waals surface area (Å²) in [5, 5.41) is 1.12. The Hall–Kier alpha value is -3.47. The maximum Gasteiger partial charge on any atom is 0.315 e. The zero-order chi connectivity index (χ0) is 18.4. The number of nitrogens with two attached hydrogens (primary N) is 1. The number of rotatable bonds is 2. The zero-order valence-corrected chi connectivity index (χ0v) is 14.8. The lowest BCUT2D eigenvalue weighted by Crippen LogP contribution is -2.43. The Bertz CT molecular complexity index is 1130. The molecule has 0 spiro atoms. The molecule has 4 aromatic rings. The Kier molecular flexibility index (Phi) is 3.53. The number of para-hydroxylation sites is 1. The van der Waals surface area contributed by atoms with Gasteiger partial charge in [-0.3, -0.25) is 0 Å². The van der Waals surface area contributed by atoms with Crippen LogP contribution in [-0.4, -0.2) is 27.4 Å². The van der Waals surface area contributed by atoms with Crippen molar-refractivity contribution in [2.45, 2.75) is 12.5 Å². The molecule has 134 valence electrons. The molecule has 5 rings (SSSR count). The maximum absolute atomic E-state index is 12.2. The van der Waals surface area contributed by atoms with E-state index in [1.165, 1.54) is 16.7 Å². The minimum Gasteiger partial charge on any atom is -0.367 e.